The lowest BCUT2D eigenvalue weighted by atomic mass is 9.96. The average Bonchev–Trinajstić information content (AvgIpc) is 3.09. The molecule has 0 unspecified atom stereocenters. The molecule has 134 valence electrons. The highest BCUT2D eigenvalue weighted by Crippen LogP contribution is 2.22. The Balaban J connectivity index is 1.53. The molecule has 1 aliphatic heterocycles. The quantitative estimate of drug-likeness (QED) is 0.856. The predicted molar refractivity (Wildman–Crippen MR) is 98.5 cm³/mol. The second kappa shape index (κ2) is 8.50. The number of rotatable bonds is 6. The molecular formula is C19H24ClN3O2. The van der Waals surface area contributed by atoms with Gasteiger partial charge >= 0.3 is 0 Å². The van der Waals surface area contributed by atoms with E-state index < -0.39 is 0 Å². The third-order valence-electron chi connectivity index (χ3n) is 4.63. The number of oxazole rings is 1. The van der Waals surface area contributed by atoms with E-state index in [1.807, 2.05) is 17.0 Å². The van der Waals surface area contributed by atoms with E-state index in [0.717, 1.165) is 44.6 Å². The molecule has 0 saturated carbocycles. The fourth-order valence-corrected chi connectivity index (χ4v) is 3.24. The monoisotopic (exact) mass is 361 g/mol. The zero-order chi connectivity index (χ0) is 17.6. The van der Waals surface area contributed by atoms with Crippen molar-refractivity contribution in [3.63, 3.8) is 0 Å². The molecule has 6 heteroatoms. The van der Waals surface area contributed by atoms with Gasteiger partial charge in [-0.2, -0.15) is 0 Å². The van der Waals surface area contributed by atoms with Crippen LogP contribution in [0.3, 0.4) is 0 Å². The summed E-state index contributed by atoms with van der Waals surface area (Å²) in [4.78, 5) is 18.9. The van der Waals surface area contributed by atoms with Gasteiger partial charge in [0.1, 0.15) is 6.26 Å². The molecule has 1 aliphatic rings. The first-order valence-corrected chi connectivity index (χ1v) is 9.22. The molecule has 1 aromatic heterocycles. The molecule has 0 spiro atoms. The van der Waals surface area contributed by atoms with Gasteiger partial charge in [-0.25, -0.2) is 4.98 Å². The van der Waals surface area contributed by atoms with Gasteiger partial charge in [0, 0.05) is 23.7 Å². The van der Waals surface area contributed by atoms with Crippen LogP contribution < -0.4 is 5.32 Å². The maximum absolute atomic E-state index is 12.5. The van der Waals surface area contributed by atoms with Gasteiger partial charge in [-0.1, -0.05) is 18.5 Å². The molecule has 5 nitrogen and oxygen atoms in total. The second-order valence-corrected chi connectivity index (χ2v) is 6.90. The van der Waals surface area contributed by atoms with Gasteiger partial charge in [-0.05, 0) is 56.1 Å². The zero-order valence-corrected chi connectivity index (χ0v) is 15.3. The average molecular weight is 362 g/mol. The normalized spacial score (nSPS) is 15.5. The van der Waals surface area contributed by atoms with Crippen LogP contribution in [0.25, 0.3) is 11.5 Å². The molecule has 1 fully saturated rings. The predicted octanol–water partition coefficient (Wildman–Crippen LogP) is 3.39. The zero-order valence-electron chi connectivity index (χ0n) is 14.5. The maximum Gasteiger partial charge on any atom is 0.228 e. The number of nitrogens with one attached hydrogen (secondary N) is 1. The summed E-state index contributed by atoms with van der Waals surface area (Å²) >= 11 is 5.89. The topological polar surface area (TPSA) is 58.4 Å². The van der Waals surface area contributed by atoms with Crippen molar-refractivity contribution < 1.29 is 9.21 Å². The van der Waals surface area contributed by atoms with Crippen molar-refractivity contribution in [2.75, 3.05) is 26.2 Å². The van der Waals surface area contributed by atoms with Crippen LogP contribution in [-0.2, 0) is 11.2 Å². The van der Waals surface area contributed by atoms with Crippen LogP contribution in [0.5, 0.6) is 0 Å². The molecule has 0 radical (unpaired) electrons. The molecule has 1 aromatic carbocycles. The summed E-state index contributed by atoms with van der Waals surface area (Å²) in [6, 6.07) is 7.30. The Morgan fingerprint density at radius 1 is 1.32 bits per heavy atom. The number of nitrogens with zero attached hydrogens (tertiary/aromatic N) is 2. The molecule has 1 N–H and O–H groups in total. The fraction of sp³-hybridized carbons (Fsp3) is 0.474. The van der Waals surface area contributed by atoms with Crippen LogP contribution in [0.1, 0.15) is 25.5 Å². The number of benzene rings is 1. The minimum atomic E-state index is 0.123. The van der Waals surface area contributed by atoms with Gasteiger partial charge in [0.15, 0.2) is 0 Å². The first kappa shape index (κ1) is 18.0. The number of hydrogen-bond acceptors (Lipinski definition) is 4. The SMILES string of the molecule is CCNCC1CCN(C(=O)Cc2coc(-c3ccc(Cl)cc3)n2)CC1. The van der Waals surface area contributed by atoms with Crippen molar-refractivity contribution in [3.05, 3.63) is 41.2 Å². The molecular weight excluding hydrogens is 338 g/mol. The minimum Gasteiger partial charge on any atom is -0.444 e. The lowest BCUT2D eigenvalue weighted by Gasteiger charge is -2.32. The van der Waals surface area contributed by atoms with Crippen LogP contribution in [0.4, 0.5) is 0 Å². The van der Waals surface area contributed by atoms with Crippen molar-refractivity contribution in [2.24, 2.45) is 5.92 Å². The van der Waals surface area contributed by atoms with Crippen molar-refractivity contribution in [1.82, 2.24) is 15.2 Å². The number of aromatic nitrogens is 1. The van der Waals surface area contributed by atoms with Gasteiger partial charge < -0.3 is 14.6 Å². The second-order valence-electron chi connectivity index (χ2n) is 6.46. The molecule has 0 atom stereocenters. The Labute approximate surface area is 153 Å². The summed E-state index contributed by atoms with van der Waals surface area (Å²) in [7, 11) is 0. The number of piperidine rings is 1. The number of amides is 1. The summed E-state index contributed by atoms with van der Waals surface area (Å²) in [5, 5.41) is 4.06. The molecule has 0 aliphatic carbocycles. The number of likely N-dealkylation sites (tertiary alicyclic amines) is 1. The first-order chi connectivity index (χ1) is 12.2. The van der Waals surface area contributed by atoms with E-state index in [1.54, 1.807) is 18.4 Å². The summed E-state index contributed by atoms with van der Waals surface area (Å²) < 4.78 is 5.51. The lowest BCUT2D eigenvalue weighted by molar-refractivity contribution is -0.131. The van der Waals surface area contributed by atoms with Crippen molar-refractivity contribution in [3.8, 4) is 11.5 Å². The van der Waals surface area contributed by atoms with Crippen LogP contribution in [0.2, 0.25) is 5.02 Å². The van der Waals surface area contributed by atoms with E-state index >= 15 is 0 Å². The summed E-state index contributed by atoms with van der Waals surface area (Å²) in [5.41, 5.74) is 1.53. The molecule has 25 heavy (non-hydrogen) atoms. The van der Waals surface area contributed by atoms with E-state index in [2.05, 4.69) is 17.2 Å². The molecule has 1 saturated heterocycles. The third kappa shape index (κ3) is 4.83. The molecule has 0 bridgehead atoms. The third-order valence-corrected chi connectivity index (χ3v) is 4.88. The van der Waals surface area contributed by atoms with Crippen molar-refractivity contribution in [2.45, 2.75) is 26.2 Å². The molecule has 2 heterocycles. The Bertz CT molecular complexity index is 691. The van der Waals surface area contributed by atoms with Crippen LogP contribution >= 0.6 is 11.6 Å². The molecule has 1 amide bonds. The van der Waals surface area contributed by atoms with E-state index in [4.69, 9.17) is 16.0 Å². The fourth-order valence-electron chi connectivity index (χ4n) is 3.11. The van der Waals surface area contributed by atoms with Crippen molar-refractivity contribution in [1.29, 1.82) is 0 Å². The molecule has 2 aromatic rings. The highest BCUT2D eigenvalue weighted by atomic mass is 35.5. The Hall–Kier alpha value is -1.85. The van der Waals surface area contributed by atoms with Gasteiger partial charge in [0.05, 0.1) is 12.1 Å². The lowest BCUT2D eigenvalue weighted by Crippen LogP contribution is -2.41. The standard InChI is InChI=1S/C19H24ClN3O2/c1-2-21-12-14-7-9-23(10-8-14)18(24)11-17-13-25-19(22-17)15-3-5-16(20)6-4-15/h3-6,13-14,21H,2,7-12H2,1H3. The number of hydrogen-bond donors (Lipinski definition) is 1. The highest BCUT2D eigenvalue weighted by molar-refractivity contribution is 6.30. The smallest absolute Gasteiger partial charge is 0.228 e. The van der Waals surface area contributed by atoms with Crippen LogP contribution in [-0.4, -0.2) is 42.0 Å². The summed E-state index contributed by atoms with van der Waals surface area (Å²) in [5.74, 6) is 1.31. The number of carbonyl (C=O) groups is 1. The Morgan fingerprint density at radius 3 is 2.72 bits per heavy atom. The van der Waals surface area contributed by atoms with Gasteiger partial charge in [-0.15, -0.1) is 0 Å². The summed E-state index contributed by atoms with van der Waals surface area (Å²) in [6.45, 7) is 5.83. The largest absolute Gasteiger partial charge is 0.444 e. The first-order valence-electron chi connectivity index (χ1n) is 8.84. The van der Waals surface area contributed by atoms with Gasteiger partial charge in [0.2, 0.25) is 11.8 Å². The summed E-state index contributed by atoms with van der Waals surface area (Å²) in [6.07, 6.45) is 3.98. The van der Waals surface area contributed by atoms with E-state index in [9.17, 15) is 4.79 Å². The van der Waals surface area contributed by atoms with Crippen LogP contribution in [0.15, 0.2) is 34.9 Å². The van der Waals surface area contributed by atoms with Gasteiger partial charge in [-0.3, -0.25) is 4.79 Å². The Kier molecular flexibility index (Phi) is 6.10. The number of halogens is 1. The maximum atomic E-state index is 12.5. The molecule has 3 rings (SSSR count). The highest BCUT2D eigenvalue weighted by Gasteiger charge is 2.23. The van der Waals surface area contributed by atoms with E-state index in [-0.39, 0.29) is 12.3 Å². The van der Waals surface area contributed by atoms with Crippen molar-refractivity contribution >= 4 is 17.5 Å². The van der Waals surface area contributed by atoms with Gasteiger partial charge in [0.25, 0.3) is 0 Å². The Morgan fingerprint density at radius 2 is 2.04 bits per heavy atom. The van der Waals surface area contributed by atoms with E-state index in [1.165, 1.54) is 0 Å². The minimum absolute atomic E-state index is 0.123. The number of carbonyl (C=O) groups excluding carboxylic acids is 1. The van der Waals surface area contributed by atoms with Crippen LogP contribution in [0, 0.1) is 5.92 Å². The van der Waals surface area contributed by atoms with E-state index in [0.29, 0.717) is 22.5 Å².